The van der Waals surface area contributed by atoms with Gasteiger partial charge in [0.25, 0.3) is 0 Å². The Morgan fingerprint density at radius 3 is 2.79 bits per heavy atom. The molecule has 0 radical (unpaired) electrons. The Labute approximate surface area is 100 Å². The number of benzene rings is 1. The number of hydrogen-bond donors (Lipinski definition) is 1. The van der Waals surface area contributed by atoms with Gasteiger partial charge in [0.1, 0.15) is 0 Å². The molecule has 1 rings (SSSR count). The van der Waals surface area contributed by atoms with Gasteiger partial charge in [-0.2, -0.15) is 0 Å². The van der Waals surface area contributed by atoms with Crippen molar-refractivity contribution in [2.45, 2.75) is 38.6 Å². The summed E-state index contributed by atoms with van der Waals surface area (Å²) in [5.74, 6) is 0. The lowest BCUT2D eigenvalue weighted by atomic mass is 10.0. The highest BCUT2D eigenvalue weighted by molar-refractivity contribution is 14.1. The van der Waals surface area contributed by atoms with Gasteiger partial charge in [-0.3, -0.25) is 0 Å². The lowest BCUT2D eigenvalue weighted by Gasteiger charge is -2.11. The molecule has 0 saturated carbocycles. The van der Waals surface area contributed by atoms with Crippen LogP contribution >= 0.6 is 22.6 Å². The Hall–Kier alpha value is -0.0900. The van der Waals surface area contributed by atoms with Crippen molar-refractivity contribution in [2.75, 3.05) is 0 Å². The number of unbranched alkanes of at least 4 members (excludes halogenated alkanes) is 2. The second-order valence-corrected chi connectivity index (χ2v) is 4.90. The van der Waals surface area contributed by atoms with E-state index >= 15 is 0 Å². The fourth-order valence-electron chi connectivity index (χ4n) is 1.52. The Morgan fingerprint density at radius 1 is 1.36 bits per heavy atom. The molecule has 0 saturated heterocycles. The monoisotopic (exact) mass is 303 g/mol. The van der Waals surface area contributed by atoms with Gasteiger partial charge in [0.2, 0.25) is 0 Å². The summed E-state index contributed by atoms with van der Waals surface area (Å²) in [6.07, 6.45) is 4.90. The van der Waals surface area contributed by atoms with Gasteiger partial charge in [-0.05, 0) is 46.7 Å². The van der Waals surface area contributed by atoms with Crippen LogP contribution in [0.2, 0.25) is 0 Å². The number of halogens is 1. The Kier molecular flexibility index (Phi) is 5.48. The Balaban J connectivity index is 2.47. The topological polar surface area (TPSA) is 26.0 Å². The third-order valence-electron chi connectivity index (χ3n) is 2.40. The van der Waals surface area contributed by atoms with Crippen molar-refractivity contribution in [3.63, 3.8) is 0 Å². The average molecular weight is 303 g/mol. The van der Waals surface area contributed by atoms with E-state index in [2.05, 4.69) is 53.8 Å². The summed E-state index contributed by atoms with van der Waals surface area (Å²) in [6.45, 7) is 2.22. The summed E-state index contributed by atoms with van der Waals surface area (Å²) >= 11 is 2.33. The largest absolute Gasteiger partial charge is 0.324 e. The van der Waals surface area contributed by atoms with Crippen molar-refractivity contribution in [3.05, 3.63) is 33.4 Å². The molecule has 0 aliphatic heterocycles. The lowest BCUT2D eigenvalue weighted by molar-refractivity contribution is 0.581. The van der Waals surface area contributed by atoms with E-state index in [4.69, 9.17) is 5.73 Å². The Morgan fingerprint density at radius 2 is 2.14 bits per heavy atom. The summed E-state index contributed by atoms with van der Waals surface area (Å²) in [7, 11) is 0. The first-order chi connectivity index (χ1) is 6.74. The second-order valence-electron chi connectivity index (χ2n) is 3.66. The van der Waals surface area contributed by atoms with Crippen LogP contribution in [0.4, 0.5) is 0 Å². The molecule has 0 heterocycles. The van der Waals surface area contributed by atoms with Gasteiger partial charge in [-0.15, -0.1) is 0 Å². The predicted octanol–water partition coefficient (Wildman–Crippen LogP) is 3.87. The maximum Gasteiger partial charge on any atom is 0.0295 e. The molecule has 78 valence electrons. The zero-order valence-corrected chi connectivity index (χ0v) is 10.8. The molecule has 0 amide bonds. The first kappa shape index (κ1) is 12.0. The average Bonchev–Trinajstić information content (AvgIpc) is 2.18. The summed E-state index contributed by atoms with van der Waals surface area (Å²) in [5.41, 5.74) is 7.37. The van der Waals surface area contributed by atoms with Crippen molar-refractivity contribution in [3.8, 4) is 0 Å². The second kappa shape index (κ2) is 6.40. The van der Waals surface area contributed by atoms with Crippen molar-refractivity contribution < 1.29 is 0 Å². The molecule has 0 fully saturated rings. The van der Waals surface area contributed by atoms with Crippen LogP contribution in [0.15, 0.2) is 24.3 Å². The van der Waals surface area contributed by atoms with Gasteiger partial charge in [-0.25, -0.2) is 0 Å². The lowest BCUT2D eigenvalue weighted by Crippen LogP contribution is -2.10. The molecule has 1 atom stereocenters. The molecule has 0 aliphatic carbocycles. The molecule has 0 bridgehead atoms. The molecule has 1 nitrogen and oxygen atoms in total. The van der Waals surface area contributed by atoms with E-state index in [0.29, 0.717) is 0 Å². The highest BCUT2D eigenvalue weighted by Crippen LogP contribution is 2.19. The molecule has 1 aromatic rings. The highest BCUT2D eigenvalue weighted by atomic mass is 127. The summed E-state index contributed by atoms with van der Waals surface area (Å²) in [4.78, 5) is 0. The minimum atomic E-state index is 0.219. The smallest absolute Gasteiger partial charge is 0.0295 e. The zero-order chi connectivity index (χ0) is 10.4. The minimum Gasteiger partial charge on any atom is -0.324 e. The number of hydrogen-bond acceptors (Lipinski definition) is 1. The molecular formula is C12H18IN. The minimum absolute atomic E-state index is 0.219. The molecule has 0 aliphatic rings. The normalized spacial score (nSPS) is 12.8. The molecule has 1 aromatic carbocycles. The molecule has 14 heavy (non-hydrogen) atoms. The van der Waals surface area contributed by atoms with Gasteiger partial charge in [0, 0.05) is 9.61 Å². The zero-order valence-electron chi connectivity index (χ0n) is 8.67. The number of rotatable bonds is 5. The first-order valence-electron chi connectivity index (χ1n) is 5.25. The van der Waals surface area contributed by atoms with Crippen LogP contribution in [0, 0.1) is 3.57 Å². The standard InChI is InChI=1S/C12H18IN/c1-2-3-4-8-12(14)10-6-5-7-11(13)9-10/h5-7,9,12H,2-4,8,14H2,1H3. The van der Waals surface area contributed by atoms with Crippen molar-refractivity contribution >= 4 is 22.6 Å². The summed E-state index contributed by atoms with van der Waals surface area (Å²) in [6, 6.07) is 8.70. The number of nitrogens with two attached hydrogens (primary N) is 1. The van der Waals surface area contributed by atoms with E-state index < -0.39 is 0 Å². The molecule has 2 N–H and O–H groups in total. The van der Waals surface area contributed by atoms with E-state index in [1.54, 1.807) is 0 Å². The molecule has 2 heteroatoms. The fraction of sp³-hybridized carbons (Fsp3) is 0.500. The van der Waals surface area contributed by atoms with E-state index in [1.807, 2.05) is 0 Å². The molecular weight excluding hydrogens is 285 g/mol. The van der Waals surface area contributed by atoms with E-state index in [0.717, 1.165) is 6.42 Å². The van der Waals surface area contributed by atoms with Crippen LogP contribution in [-0.2, 0) is 0 Å². The van der Waals surface area contributed by atoms with Gasteiger partial charge >= 0.3 is 0 Å². The van der Waals surface area contributed by atoms with Crippen molar-refractivity contribution in [1.29, 1.82) is 0 Å². The van der Waals surface area contributed by atoms with Crippen LogP contribution in [-0.4, -0.2) is 0 Å². The maximum absolute atomic E-state index is 6.10. The first-order valence-corrected chi connectivity index (χ1v) is 6.33. The van der Waals surface area contributed by atoms with Crippen LogP contribution < -0.4 is 5.73 Å². The SMILES string of the molecule is CCCCCC(N)c1cccc(I)c1. The van der Waals surface area contributed by atoms with Gasteiger partial charge < -0.3 is 5.73 Å². The van der Waals surface area contributed by atoms with Gasteiger partial charge in [0.05, 0.1) is 0 Å². The van der Waals surface area contributed by atoms with Crippen molar-refractivity contribution in [1.82, 2.24) is 0 Å². The van der Waals surface area contributed by atoms with Crippen LogP contribution in [0.3, 0.4) is 0 Å². The summed E-state index contributed by atoms with van der Waals surface area (Å²) in [5, 5.41) is 0. The van der Waals surface area contributed by atoms with E-state index in [1.165, 1.54) is 28.4 Å². The van der Waals surface area contributed by atoms with Crippen LogP contribution in [0.25, 0.3) is 0 Å². The van der Waals surface area contributed by atoms with Gasteiger partial charge in [-0.1, -0.05) is 38.3 Å². The van der Waals surface area contributed by atoms with Crippen LogP contribution in [0.5, 0.6) is 0 Å². The third kappa shape index (κ3) is 3.96. The Bertz CT molecular complexity index is 273. The quantitative estimate of drug-likeness (QED) is 0.648. The third-order valence-corrected chi connectivity index (χ3v) is 3.07. The van der Waals surface area contributed by atoms with E-state index in [9.17, 15) is 0 Å². The molecule has 0 aromatic heterocycles. The molecule has 0 spiro atoms. The fourth-order valence-corrected chi connectivity index (χ4v) is 2.09. The maximum atomic E-state index is 6.10. The van der Waals surface area contributed by atoms with Crippen molar-refractivity contribution in [2.24, 2.45) is 5.73 Å². The summed E-state index contributed by atoms with van der Waals surface area (Å²) < 4.78 is 1.27. The van der Waals surface area contributed by atoms with E-state index in [-0.39, 0.29) is 6.04 Å². The van der Waals surface area contributed by atoms with Crippen LogP contribution in [0.1, 0.15) is 44.2 Å². The van der Waals surface area contributed by atoms with Gasteiger partial charge in [0.15, 0.2) is 0 Å². The predicted molar refractivity (Wildman–Crippen MR) is 70.2 cm³/mol. The molecule has 1 unspecified atom stereocenters. The highest BCUT2D eigenvalue weighted by Gasteiger charge is 2.04.